The second kappa shape index (κ2) is 4.42. The van der Waals surface area contributed by atoms with Crippen LogP contribution in [-0.4, -0.2) is 0 Å². The zero-order valence-corrected chi connectivity index (χ0v) is 10.5. The molecule has 0 aliphatic heterocycles. The molecule has 14 heavy (non-hydrogen) atoms. The minimum atomic E-state index is 0.634. The van der Waals surface area contributed by atoms with E-state index < -0.39 is 0 Å². The van der Waals surface area contributed by atoms with Crippen molar-refractivity contribution >= 4 is 33.9 Å². The summed E-state index contributed by atoms with van der Waals surface area (Å²) >= 11 is 4.08. The van der Waals surface area contributed by atoms with Crippen molar-refractivity contribution in [1.82, 2.24) is 0 Å². The highest BCUT2D eigenvalue weighted by atomic mass is 127. The average Bonchev–Trinajstić information content (AvgIpc) is 2.67. The van der Waals surface area contributed by atoms with E-state index in [1.54, 1.807) is 11.3 Å². The van der Waals surface area contributed by atoms with Crippen LogP contribution < -0.4 is 5.73 Å². The van der Waals surface area contributed by atoms with Gasteiger partial charge in [-0.25, -0.2) is 0 Å². The fraction of sp³-hybridized carbons (Fsp3) is 0.0909. The molecule has 1 aromatic carbocycles. The maximum Gasteiger partial charge on any atom is 0.0346 e. The van der Waals surface area contributed by atoms with Gasteiger partial charge in [0.2, 0.25) is 0 Å². The number of nitrogens with two attached hydrogens (primary N) is 1. The van der Waals surface area contributed by atoms with E-state index in [2.05, 4.69) is 59.0 Å². The maximum atomic E-state index is 5.57. The third-order valence-corrected chi connectivity index (χ3v) is 3.87. The Morgan fingerprint density at radius 1 is 1.07 bits per heavy atom. The minimum Gasteiger partial charge on any atom is -0.326 e. The van der Waals surface area contributed by atoms with Gasteiger partial charge in [0.25, 0.3) is 0 Å². The summed E-state index contributed by atoms with van der Waals surface area (Å²) in [6.07, 6.45) is 0. The predicted octanol–water partition coefficient (Wildman–Crippen LogP) is 3.48. The number of benzene rings is 1. The predicted molar refractivity (Wildman–Crippen MR) is 70.4 cm³/mol. The number of thiophene rings is 1. The number of hydrogen-bond acceptors (Lipinski definition) is 2. The molecule has 0 spiro atoms. The molecule has 0 atom stereocenters. The topological polar surface area (TPSA) is 26.0 Å². The van der Waals surface area contributed by atoms with Crippen LogP contribution in [0.15, 0.2) is 36.4 Å². The van der Waals surface area contributed by atoms with Gasteiger partial charge in [-0.2, -0.15) is 0 Å². The lowest BCUT2D eigenvalue weighted by molar-refractivity contribution is 1.11. The first kappa shape index (κ1) is 10.1. The van der Waals surface area contributed by atoms with Crippen LogP contribution in [0.2, 0.25) is 0 Å². The van der Waals surface area contributed by atoms with Gasteiger partial charge >= 0.3 is 0 Å². The van der Waals surface area contributed by atoms with Crippen molar-refractivity contribution in [3.8, 4) is 10.4 Å². The first-order valence-electron chi connectivity index (χ1n) is 4.34. The first-order valence-corrected chi connectivity index (χ1v) is 6.24. The molecule has 0 radical (unpaired) electrons. The van der Waals surface area contributed by atoms with Crippen LogP contribution in [0.1, 0.15) is 4.88 Å². The Hall–Kier alpha value is -0.390. The van der Waals surface area contributed by atoms with Crippen molar-refractivity contribution in [2.75, 3.05) is 0 Å². The molecule has 0 saturated heterocycles. The molecule has 0 saturated carbocycles. The molecular formula is C11H10INS. The van der Waals surface area contributed by atoms with Gasteiger partial charge in [0.05, 0.1) is 0 Å². The fourth-order valence-electron chi connectivity index (χ4n) is 1.26. The second-order valence-electron chi connectivity index (χ2n) is 2.98. The van der Waals surface area contributed by atoms with E-state index in [4.69, 9.17) is 5.73 Å². The smallest absolute Gasteiger partial charge is 0.0346 e. The molecule has 1 nitrogen and oxygen atoms in total. The monoisotopic (exact) mass is 315 g/mol. The fourth-order valence-corrected chi connectivity index (χ4v) is 2.51. The van der Waals surface area contributed by atoms with Crippen molar-refractivity contribution in [2.45, 2.75) is 6.54 Å². The molecule has 0 aliphatic carbocycles. The summed E-state index contributed by atoms with van der Waals surface area (Å²) in [5.74, 6) is 0. The van der Waals surface area contributed by atoms with Crippen LogP contribution in [0.5, 0.6) is 0 Å². The average molecular weight is 315 g/mol. The molecular weight excluding hydrogens is 305 g/mol. The molecule has 0 amide bonds. The Kier molecular flexibility index (Phi) is 3.20. The Bertz CT molecular complexity index is 419. The largest absolute Gasteiger partial charge is 0.326 e. The van der Waals surface area contributed by atoms with Gasteiger partial charge in [0, 0.05) is 19.9 Å². The van der Waals surface area contributed by atoms with E-state index in [9.17, 15) is 0 Å². The standard InChI is InChI=1S/C11H10INS/c12-9-3-1-8(2-4-9)11-6-5-10(7-13)14-11/h1-6H,7,13H2. The van der Waals surface area contributed by atoms with Crippen molar-refractivity contribution < 1.29 is 0 Å². The quantitative estimate of drug-likeness (QED) is 0.844. The normalized spacial score (nSPS) is 10.4. The van der Waals surface area contributed by atoms with Crippen LogP contribution in [0.3, 0.4) is 0 Å². The highest BCUT2D eigenvalue weighted by molar-refractivity contribution is 14.1. The van der Waals surface area contributed by atoms with E-state index in [0.29, 0.717) is 6.54 Å². The zero-order chi connectivity index (χ0) is 9.97. The van der Waals surface area contributed by atoms with Crippen LogP contribution in [-0.2, 0) is 6.54 Å². The van der Waals surface area contributed by atoms with Gasteiger partial charge in [0.1, 0.15) is 0 Å². The molecule has 72 valence electrons. The molecule has 2 rings (SSSR count). The van der Waals surface area contributed by atoms with Gasteiger partial charge in [-0.3, -0.25) is 0 Å². The van der Waals surface area contributed by atoms with E-state index in [0.717, 1.165) is 0 Å². The van der Waals surface area contributed by atoms with Gasteiger partial charge in [0.15, 0.2) is 0 Å². The molecule has 0 aliphatic rings. The van der Waals surface area contributed by atoms with Crippen LogP contribution in [0, 0.1) is 3.57 Å². The summed E-state index contributed by atoms with van der Waals surface area (Å²) in [7, 11) is 0. The van der Waals surface area contributed by atoms with E-state index >= 15 is 0 Å². The van der Waals surface area contributed by atoms with Gasteiger partial charge in [-0.1, -0.05) is 12.1 Å². The minimum absolute atomic E-state index is 0.634. The molecule has 3 heteroatoms. The van der Waals surface area contributed by atoms with Crippen molar-refractivity contribution in [1.29, 1.82) is 0 Å². The first-order chi connectivity index (χ1) is 6.79. The summed E-state index contributed by atoms with van der Waals surface area (Å²) in [6.45, 7) is 0.634. The van der Waals surface area contributed by atoms with E-state index in [-0.39, 0.29) is 0 Å². The second-order valence-corrected chi connectivity index (χ2v) is 5.39. The maximum absolute atomic E-state index is 5.57. The molecule has 2 aromatic rings. The van der Waals surface area contributed by atoms with Crippen molar-refractivity contribution in [2.24, 2.45) is 5.73 Å². The Balaban J connectivity index is 2.34. The van der Waals surface area contributed by atoms with Crippen molar-refractivity contribution in [3.05, 3.63) is 44.8 Å². The third-order valence-electron chi connectivity index (χ3n) is 1.99. The van der Waals surface area contributed by atoms with Crippen LogP contribution in [0.25, 0.3) is 10.4 Å². The number of hydrogen-bond donors (Lipinski definition) is 1. The lowest BCUT2D eigenvalue weighted by atomic mass is 10.2. The van der Waals surface area contributed by atoms with Gasteiger partial charge in [-0.05, 0) is 52.4 Å². The van der Waals surface area contributed by atoms with Gasteiger partial charge < -0.3 is 5.73 Å². The molecule has 0 unspecified atom stereocenters. The Morgan fingerprint density at radius 3 is 2.36 bits per heavy atom. The molecule has 0 fully saturated rings. The summed E-state index contributed by atoms with van der Waals surface area (Å²) < 4.78 is 1.27. The zero-order valence-electron chi connectivity index (χ0n) is 7.53. The molecule has 1 heterocycles. The third kappa shape index (κ3) is 2.16. The van der Waals surface area contributed by atoms with Crippen molar-refractivity contribution in [3.63, 3.8) is 0 Å². The molecule has 0 bridgehead atoms. The van der Waals surface area contributed by atoms with Gasteiger partial charge in [-0.15, -0.1) is 11.3 Å². The Morgan fingerprint density at radius 2 is 1.79 bits per heavy atom. The molecule has 1 aromatic heterocycles. The lowest BCUT2D eigenvalue weighted by Gasteiger charge is -1.96. The molecule has 2 N–H and O–H groups in total. The highest BCUT2D eigenvalue weighted by Gasteiger charge is 2.00. The summed E-state index contributed by atoms with van der Waals surface area (Å²) in [4.78, 5) is 2.53. The summed E-state index contributed by atoms with van der Waals surface area (Å²) in [6, 6.07) is 12.8. The Labute approximate surface area is 101 Å². The van der Waals surface area contributed by atoms with E-state index in [1.165, 1.54) is 18.9 Å². The summed E-state index contributed by atoms with van der Waals surface area (Å²) in [5.41, 5.74) is 6.85. The highest BCUT2D eigenvalue weighted by Crippen LogP contribution is 2.28. The van der Waals surface area contributed by atoms with Crippen LogP contribution >= 0.6 is 33.9 Å². The summed E-state index contributed by atoms with van der Waals surface area (Å²) in [5, 5.41) is 0. The van der Waals surface area contributed by atoms with E-state index in [1.807, 2.05) is 0 Å². The number of rotatable bonds is 2. The SMILES string of the molecule is NCc1ccc(-c2ccc(I)cc2)s1. The van der Waals surface area contributed by atoms with Crippen LogP contribution in [0.4, 0.5) is 0 Å². The number of halogens is 1. The lowest BCUT2D eigenvalue weighted by Crippen LogP contribution is -1.90.